The van der Waals surface area contributed by atoms with Gasteiger partial charge in [0.25, 0.3) is 5.56 Å². The van der Waals surface area contributed by atoms with Gasteiger partial charge in [0.15, 0.2) is 16.3 Å². The second kappa shape index (κ2) is 9.16. The lowest BCUT2D eigenvalue weighted by Gasteiger charge is -2.24. The Kier molecular flexibility index (Phi) is 6.58. The summed E-state index contributed by atoms with van der Waals surface area (Å²) in [6.45, 7) is -0.961. The number of aromatic nitrogens is 4. The number of H-pyrrole nitrogens is 1. The minimum atomic E-state index is -5.00. The number of nitrogens with zero attached hydrogens (tertiary/aromatic N) is 4. The van der Waals surface area contributed by atoms with Gasteiger partial charge in [0.05, 0.1) is 11.5 Å². The molecule has 0 bridgehead atoms. The van der Waals surface area contributed by atoms with Crippen LogP contribution in [0.2, 0.25) is 0 Å². The van der Waals surface area contributed by atoms with Crippen molar-refractivity contribution in [3.05, 3.63) is 62.7 Å². The van der Waals surface area contributed by atoms with E-state index < -0.39 is 49.1 Å². The van der Waals surface area contributed by atoms with E-state index in [0.717, 1.165) is 23.7 Å². The van der Waals surface area contributed by atoms with Gasteiger partial charge in [-0.25, -0.2) is 19.1 Å². The molecule has 0 spiro atoms. The number of hydrogen-bond acceptors (Lipinski definition) is 11. The lowest BCUT2D eigenvalue weighted by Crippen LogP contribution is -2.51. The molecule has 17 heteroatoms. The van der Waals surface area contributed by atoms with Crippen LogP contribution in [0.3, 0.4) is 0 Å². The Morgan fingerprint density at radius 3 is 2.68 bits per heavy atom. The number of benzene rings is 1. The fraction of sp³-hybridized carbons (Fsp3) is 0.353. The van der Waals surface area contributed by atoms with Crippen molar-refractivity contribution in [2.45, 2.75) is 35.1 Å². The molecule has 0 unspecified atom stereocenters. The SMILES string of the molecule is O=c1[nH]c(SCc2ccccc2)nc2c1ncn2[C@]1([N+](=O)[O-])O[C@H](COP(=O)(O)O)[C@@H](O)[C@H]1O. The maximum atomic E-state index is 12.5. The van der Waals surface area contributed by atoms with Crippen molar-refractivity contribution in [3.63, 3.8) is 0 Å². The van der Waals surface area contributed by atoms with Crippen molar-refractivity contribution in [3.8, 4) is 0 Å². The third-order valence-corrected chi connectivity index (χ3v) is 6.46. The zero-order chi connectivity index (χ0) is 24.7. The third-order valence-electron chi connectivity index (χ3n) is 5.03. The van der Waals surface area contributed by atoms with E-state index in [0.29, 0.717) is 10.3 Å². The van der Waals surface area contributed by atoms with Gasteiger partial charge in [0.2, 0.25) is 6.10 Å². The molecule has 182 valence electrons. The average molecular weight is 515 g/mol. The van der Waals surface area contributed by atoms with Crippen LogP contribution in [0.1, 0.15) is 5.56 Å². The summed E-state index contributed by atoms with van der Waals surface area (Å²) in [6, 6.07) is 9.23. The van der Waals surface area contributed by atoms with Crippen molar-refractivity contribution in [2.75, 3.05) is 6.61 Å². The van der Waals surface area contributed by atoms with Gasteiger partial charge in [0.1, 0.15) is 18.5 Å². The molecule has 1 aromatic carbocycles. The van der Waals surface area contributed by atoms with Crippen molar-refractivity contribution in [1.82, 2.24) is 19.5 Å². The molecule has 3 heterocycles. The number of nitrogens with one attached hydrogen (secondary N) is 1. The predicted octanol–water partition coefficient (Wildman–Crippen LogP) is -0.471. The van der Waals surface area contributed by atoms with Gasteiger partial charge in [-0.05, 0) is 5.56 Å². The van der Waals surface area contributed by atoms with E-state index >= 15 is 0 Å². The number of phosphoric acid groups is 1. The number of nitro groups is 1. The summed E-state index contributed by atoms with van der Waals surface area (Å²) >= 11 is 1.14. The van der Waals surface area contributed by atoms with Gasteiger partial charge in [0, 0.05) is 5.75 Å². The smallest absolute Gasteiger partial charge is 0.387 e. The van der Waals surface area contributed by atoms with Gasteiger partial charge in [-0.2, -0.15) is 0 Å². The molecular formula is C17H18N5O10PS. The molecule has 0 aliphatic carbocycles. The molecule has 1 aliphatic rings. The molecule has 34 heavy (non-hydrogen) atoms. The van der Waals surface area contributed by atoms with E-state index in [9.17, 15) is 29.7 Å². The molecule has 15 nitrogen and oxygen atoms in total. The number of imidazole rings is 1. The van der Waals surface area contributed by atoms with Gasteiger partial charge >= 0.3 is 13.7 Å². The van der Waals surface area contributed by atoms with Crippen LogP contribution in [-0.4, -0.2) is 69.4 Å². The number of aliphatic hydroxyl groups is 2. The van der Waals surface area contributed by atoms with E-state index in [1.54, 1.807) is 0 Å². The molecular weight excluding hydrogens is 497 g/mol. The summed E-state index contributed by atoms with van der Waals surface area (Å²) < 4.78 is 21.2. The molecule has 1 saturated heterocycles. The van der Waals surface area contributed by atoms with E-state index in [1.165, 1.54) is 0 Å². The molecule has 4 rings (SSSR count). The van der Waals surface area contributed by atoms with E-state index in [-0.39, 0.29) is 16.3 Å². The zero-order valence-electron chi connectivity index (χ0n) is 17.0. The second-order valence-corrected chi connectivity index (χ2v) is 9.43. The molecule has 0 amide bonds. The molecule has 1 aliphatic heterocycles. The first-order chi connectivity index (χ1) is 16.0. The standard InChI is InChI=1S/C17H18N5O10PS/c23-12-10(6-31-33(28,29)30)32-17(13(12)24,22(26)27)21-8-18-11-14(21)19-16(20-15(11)25)34-7-9-4-2-1-3-5-9/h1-5,8,10,12-13,23-24H,6-7H2,(H,19,20,25)(H2,28,29,30)/t10-,12-,13-,17-/m1/s1. The normalized spacial score (nSPS) is 25.1. The number of aromatic amines is 1. The highest BCUT2D eigenvalue weighted by molar-refractivity contribution is 7.98. The third kappa shape index (κ3) is 4.49. The van der Waals surface area contributed by atoms with Crippen molar-refractivity contribution < 1.29 is 38.7 Å². The van der Waals surface area contributed by atoms with Crippen molar-refractivity contribution in [2.24, 2.45) is 0 Å². The Morgan fingerprint density at radius 2 is 2.03 bits per heavy atom. The van der Waals surface area contributed by atoms with Gasteiger partial charge in [-0.15, -0.1) is 0 Å². The summed E-state index contributed by atoms with van der Waals surface area (Å²) in [5, 5.41) is 33.1. The molecule has 4 atom stereocenters. The minimum Gasteiger partial charge on any atom is -0.387 e. The van der Waals surface area contributed by atoms with Crippen molar-refractivity contribution >= 4 is 30.7 Å². The first-order valence-corrected chi connectivity index (χ1v) is 12.1. The fourth-order valence-corrected chi connectivity index (χ4v) is 4.60. The van der Waals surface area contributed by atoms with Crippen LogP contribution >= 0.6 is 19.6 Å². The first kappa shape index (κ1) is 24.4. The van der Waals surface area contributed by atoms with Crippen LogP contribution in [0.25, 0.3) is 11.2 Å². The molecule has 0 saturated carbocycles. The maximum absolute atomic E-state index is 12.5. The largest absolute Gasteiger partial charge is 0.469 e. The van der Waals surface area contributed by atoms with E-state index in [4.69, 9.17) is 14.5 Å². The quantitative estimate of drug-likeness (QED) is 0.0842. The average Bonchev–Trinajstić information content (AvgIpc) is 3.32. The number of rotatable bonds is 8. The monoisotopic (exact) mass is 515 g/mol. The number of hydrogen-bond donors (Lipinski definition) is 5. The van der Waals surface area contributed by atoms with Gasteiger partial charge in [-0.1, -0.05) is 42.1 Å². The number of thioether (sulfide) groups is 1. The summed E-state index contributed by atoms with van der Waals surface area (Å²) in [5.74, 6) is -2.48. The Bertz CT molecular complexity index is 1310. The Labute approximate surface area is 193 Å². The summed E-state index contributed by atoms with van der Waals surface area (Å²) in [7, 11) is -5.00. The highest BCUT2D eigenvalue weighted by Crippen LogP contribution is 2.41. The number of phosphoric ester groups is 1. The maximum Gasteiger partial charge on any atom is 0.469 e. The van der Waals surface area contributed by atoms with Crippen LogP contribution in [0.15, 0.2) is 46.6 Å². The molecule has 1 fully saturated rings. The predicted molar refractivity (Wildman–Crippen MR) is 114 cm³/mol. The van der Waals surface area contributed by atoms with E-state index in [2.05, 4.69) is 19.5 Å². The molecule has 2 aromatic heterocycles. The van der Waals surface area contributed by atoms with Crippen LogP contribution in [0, 0.1) is 10.1 Å². The topological polar surface area (TPSA) is 223 Å². The van der Waals surface area contributed by atoms with Crippen LogP contribution < -0.4 is 5.56 Å². The number of aliphatic hydroxyl groups excluding tert-OH is 2. The lowest BCUT2D eigenvalue weighted by molar-refractivity contribution is -0.671. The summed E-state index contributed by atoms with van der Waals surface area (Å²) in [4.78, 5) is 51.9. The molecule has 0 radical (unpaired) electrons. The highest BCUT2D eigenvalue weighted by atomic mass is 32.2. The lowest BCUT2D eigenvalue weighted by atomic mass is 10.1. The Morgan fingerprint density at radius 1 is 1.32 bits per heavy atom. The van der Waals surface area contributed by atoms with Crippen LogP contribution in [0.4, 0.5) is 0 Å². The number of fused-ring (bicyclic) bond motifs is 1. The first-order valence-electron chi connectivity index (χ1n) is 9.56. The minimum absolute atomic E-state index is 0.107. The highest BCUT2D eigenvalue weighted by Gasteiger charge is 2.66. The summed E-state index contributed by atoms with van der Waals surface area (Å²) in [6.07, 6.45) is -5.04. The fourth-order valence-electron chi connectivity index (χ4n) is 3.45. The van der Waals surface area contributed by atoms with Gasteiger partial charge < -0.3 is 20.0 Å². The van der Waals surface area contributed by atoms with Crippen LogP contribution in [-0.2, 0) is 25.4 Å². The van der Waals surface area contributed by atoms with Crippen LogP contribution in [0.5, 0.6) is 0 Å². The molecule has 5 N–H and O–H groups in total. The molecule has 3 aromatic rings. The Balaban J connectivity index is 1.72. The summed E-state index contributed by atoms with van der Waals surface area (Å²) in [5.41, 5.74) is -0.368. The number of ether oxygens (including phenoxy) is 1. The van der Waals surface area contributed by atoms with Gasteiger partial charge in [-0.3, -0.25) is 29.2 Å². The second-order valence-electron chi connectivity index (χ2n) is 7.23. The zero-order valence-corrected chi connectivity index (χ0v) is 18.7. The Hall–Kier alpha value is -2.69. The van der Waals surface area contributed by atoms with Crippen molar-refractivity contribution in [1.29, 1.82) is 0 Å². The van der Waals surface area contributed by atoms with E-state index in [1.807, 2.05) is 30.3 Å².